The molecular weight excluding hydrogens is 264 g/mol. The third-order valence-electron chi connectivity index (χ3n) is 4.51. The fourth-order valence-electron chi connectivity index (χ4n) is 3.14. The number of hydrogen-bond acceptors (Lipinski definition) is 4. The lowest BCUT2D eigenvalue weighted by molar-refractivity contribution is -0.00966. The van der Waals surface area contributed by atoms with Gasteiger partial charge in [-0.15, -0.1) is 0 Å². The molecule has 4 nitrogen and oxygen atoms in total. The molecule has 2 heterocycles. The van der Waals surface area contributed by atoms with E-state index in [-0.39, 0.29) is 5.54 Å². The minimum atomic E-state index is 0.170. The van der Waals surface area contributed by atoms with Gasteiger partial charge in [-0.2, -0.15) is 0 Å². The van der Waals surface area contributed by atoms with Gasteiger partial charge >= 0.3 is 0 Å². The molecule has 0 spiro atoms. The van der Waals surface area contributed by atoms with Crippen LogP contribution >= 0.6 is 0 Å². The van der Waals surface area contributed by atoms with Crippen LogP contribution in [0.4, 0.5) is 0 Å². The van der Waals surface area contributed by atoms with Crippen molar-refractivity contribution in [1.82, 2.24) is 10.2 Å². The highest BCUT2D eigenvalue weighted by Crippen LogP contribution is 2.25. The minimum Gasteiger partial charge on any atom is -0.493 e. The molecule has 116 valence electrons. The van der Waals surface area contributed by atoms with Crippen LogP contribution in [0.5, 0.6) is 5.75 Å². The summed E-state index contributed by atoms with van der Waals surface area (Å²) in [6.45, 7) is 11.1. The van der Waals surface area contributed by atoms with Crippen molar-refractivity contribution in [1.29, 1.82) is 0 Å². The van der Waals surface area contributed by atoms with Gasteiger partial charge in [0.05, 0.1) is 19.8 Å². The van der Waals surface area contributed by atoms with Crippen molar-refractivity contribution >= 4 is 0 Å². The predicted octanol–water partition coefficient (Wildman–Crippen LogP) is 1.82. The van der Waals surface area contributed by atoms with Gasteiger partial charge in [-0.05, 0) is 31.0 Å². The summed E-state index contributed by atoms with van der Waals surface area (Å²) >= 11 is 0. The Balaban J connectivity index is 1.51. The van der Waals surface area contributed by atoms with E-state index in [2.05, 4.69) is 42.3 Å². The Bertz CT molecular complexity index is 482. The Hall–Kier alpha value is -1.10. The van der Waals surface area contributed by atoms with E-state index in [9.17, 15) is 0 Å². The van der Waals surface area contributed by atoms with Crippen LogP contribution in [0, 0.1) is 0 Å². The fourth-order valence-corrected chi connectivity index (χ4v) is 3.14. The first-order valence-corrected chi connectivity index (χ1v) is 7.93. The van der Waals surface area contributed by atoms with Gasteiger partial charge in [0.25, 0.3) is 0 Å². The highest BCUT2D eigenvalue weighted by atomic mass is 16.5. The number of nitrogens with zero attached hydrogens (tertiary/aromatic N) is 1. The quantitative estimate of drug-likeness (QED) is 0.897. The standard InChI is InChI=1S/C17H26N2O2/c1-17(2,19-6-9-20-10-7-19)13-18-12-14-3-4-16-15(11-14)5-8-21-16/h3-4,11,18H,5-10,12-13H2,1-2H3. The first kappa shape index (κ1) is 14.8. The molecule has 4 heteroatoms. The molecule has 1 aromatic carbocycles. The Kier molecular flexibility index (Phi) is 4.48. The van der Waals surface area contributed by atoms with Crippen molar-refractivity contribution in [2.24, 2.45) is 0 Å². The Morgan fingerprint density at radius 3 is 2.81 bits per heavy atom. The van der Waals surface area contributed by atoms with Crippen LogP contribution in [0.3, 0.4) is 0 Å². The molecular formula is C17H26N2O2. The van der Waals surface area contributed by atoms with Gasteiger partial charge in [-0.3, -0.25) is 4.90 Å². The van der Waals surface area contributed by atoms with E-state index in [0.717, 1.165) is 58.2 Å². The van der Waals surface area contributed by atoms with Gasteiger partial charge in [-0.1, -0.05) is 12.1 Å². The summed E-state index contributed by atoms with van der Waals surface area (Å²) in [6, 6.07) is 6.54. The predicted molar refractivity (Wildman–Crippen MR) is 83.8 cm³/mol. The van der Waals surface area contributed by atoms with Crippen molar-refractivity contribution in [2.45, 2.75) is 32.4 Å². The Labute approximate surface area is 127 Å². The van der Waals surface area contributed by atoms with Crippen molar-refractivity contribution in [3.8, 4) is 5.75 Å². The van der Waals surface area contributed by atoms with E-state index in [0.29, 0.717) is 0 Å². The maximum absolute atomic E-state index is 5.55. The third kappa shape index (κ3) is 3.57. The largest absolute Gasteiger partial charge is 0.493 e. The number of benzene rings is 1. The van der Waals surface area contributed by atoms with Gasteiger partial charge in [0, 0.05) is 38.1 Å². The first-order chi connectivity index (χ1) is 10.1. The van der Waals surface area contributed by atoms with E-state index in [4.69, 9.17) is 9.47 Å². The molecule has 0 amide bonds. The molecule has 3 rings (SSSR count). The molecule has 0 bridgehead atoms. The number of morpholine rings is 1. The molecule has 0 radical (unpaired) electrons. The molecule has 21 heavy (non-hydrogen) atoms. The van der Waals surface area contributed by atoms with Crippen LogP contribution < -0.4 is 10.1 Å². The van der Waals surface area contributed by atoms with Crippen molar-refractivity contribution in [2.75, 3.05) is 39.5 Å². The van der Waals surface area contributed by atoms with Crippen molar-refractivity contribution in [3.05, 3.63) is 29.3 Å². The lowest BCUT2D eigenvalue weighted by Gasteiger charge is -2.41. The second-order valence-corrected chi connectivity index (χ2v) is 6.56. The molecule has 1 saturated heterocycles. The zero-order valence-corrected chi connectivity index (χ0v) is 13.2. The van der Waals surface area contributed by atoms with Crippen LogP contribution in [0.2, 0.25) is 0 Å². The second kappa shape index (κ2) is 6.34. The number of hydrogen-bond donors (Lipinski definition) is 1. The molecule has 0 unspecified atom stereocenters. The van der Waals surface area contributed by atoms with Crippen LogP contribution in [0.1, 0.15) is 25.0 Å². The highest BCUT2D eigenvalue weighted by Gasteiger charge is 2.27. The fraction of sp³-hybridized carbons (Fsp3) is 0.647. The van der Waals surface area contributed by atoms with E-state index >= 15 is 0 Å². The Morgan fingerprint density at radius 1 is 1.19 bits per heavy atom. The Morgan fingerprint density at radius 2 is 2.00 bits per heavy atom. The first-order valence-electron chi connectivity index (χ1n) is 7.93. The van der Waals surface area contributed by atoms with Crippen LogP contribution in [0.25, 0.3) is 0 Å². The lowest BCUT2D eigenvalue weighted by atomic mass is 10.0. The summed E-state index contributed by atoms with van der Waals surface area (Å²) in [7, 11) is 0. The number of rotatable bonds is 5. The molecule has 1 fully saturated rings. The molecule has 0 saturated carbocycles. The van der Waals surface area contributed by atoms with Gasteiger partial charge in [0.2, 0.25) is 0 Å². The summed E-state index contributed by atoms with van der Waals surface area (Å²) < 4.78 is 11.0. The average Bonchev–Trinajstić information content (AvgIpc) is 2.95. The summed E-state index contributed by atoms with van der Waals surface area (Å²) in [5, 5.41) is 3.61. The smallest absolute Gasteiger partial charge is 0.122 e. The van der Waals surface area contributed by atoms with E-state index in [1.165, 1.54) is 11.1 Å². The number of ether oxygens (including phenoxy) is 2. The van der Waals surface area contributed by atoms with E-state index in [1.807, 2.05) is 0 Å². The molecule has 1 N–H and O–H groups in total. The average molecular weight is 290 g/mol. The van der Waals surface area contributed by atoms with Gasteiger partial charge in [-0.25, -0.2) is 0 Å². The zero-order valence-electron chi connectivity index (χ0n) is 13.2. The molecule has 2 aliphatic rings. The van der Waals surface area contributed by atoms with Gasteiger partial charge in [0.15, 0.2) is 0 Å². The minimum absolute atomic E-state index is 0.170. The molecule has 0 aliphatic carbocycles. The summed E-state index contributed by atoms with van der Waals surface area (Å²) in [4.78, 5) is 2.51. The van der Waals surface area contributed by atoms with E-state index < -0.39 is 0 Å². The van der Waals surface area contributed by atoms with Crippen LogP contribution in [-0.4, -0.2) is 49.9 Å². The third-order valence-corrected chi connectivity index (χ3v) is 4.51. The molecule has 0 atom stereocenters. The molecule has 1 aromatic rings. The zero-order chi connectivity index (χ0) is 14.7. The van der Waals surface area contributed by atoms with Gasteiger partial charge in [0.1, 0.15) is 5.75 Å². The summed E-state index contributed by atoms with van der Waals surface area (Å²) in [6.07, 6.45) is 1.04. The summed E-state index contributed by atoms with van der Waals surface area (Å²) in [5.41, 5.74) is 2.86. The van der Waals surface area contributed by atoms with Gasteiger partial charge < -0.3 is 14.8 Å². The monoisotopic (exact) mass is 290 g/mol. The maximum Gasteiger partial charge on any atom is 0.122 e. The highest BCUT2D eigenvalue weighted by molar-refractivity contribution is 5.39. The second-order valence-electron chi connectivity index (χ2n) is 6.56. The van der Waals surface area contributed by atoms with Crippen molar-refractivity contribution < 1.29 is 9.47 Å². The van der Waals surface area contributed by atoms with E-state index in [1.54, 1.807) is 0 Å². The number of fused-ring (bicyclic) bond motifs is 1. The van der Waals surface area contributed by atoms with Crippen LogP contribution in [-0.2, 0) is 17.7 Å². The topological polar surface area (TPSA) is 33.7 Å². The molecule has 0 aromatic heterocycles. The maximum atomic E-state index is 5.55. The lowest BCUT2D eigenvalue weighted by Crippen LogP contribution is -2.54. The number of nitrogens with one attached hydrogen (secondary N) is 1. The normalized spacial score (nSPS) is 19.3. The van der Waals surface area contributed by atoms with Crippen molar-refractivity contribution in [3.63, 3.8) is 0 Å². The SMILES string of the molecule is CC(C)(CNCc1ccc2c(c1)CCO2)N1CCOCC1. The molecule has 2 aliphatic heterocycles. The summed E-state index contributed by atoms with van der Waals surface area (Å²) in [5.74, 6) is 1.06. The van der Waals surface area contributed by atoms with Crippen LogP contribution in [0.15, 0.2) is 18.2 Å².